The minimum absolute atomic E-state index is 0.417. The lowest BCUT2D eigenvalue weighted by molar-refractivity contribution is -0.540. The summed E-state index contributed by atoms with van der Waals surface area (Å²) in [5, 5.41) is 0.917. The molecule has 0 atom stereocenters. The molecule has 1 aliphatic carbocycles. The fraction of sp³-hybridized carbons (Fsp3) is 0.889. The van der Waals surface area contributed by atoms with Gasteiger partial charge in [-0.05, 0) is 43.7 Å². The molecule has 0 aromatic heterocycles. The van der Waals surface area contributed by atoms with Crippen LogP contribution in [-0.2, 0) is 0 Å². The first-order valence-electron chi connectivity index (χ1n) is 4.80. The zero-order valence-electron chi connectivity index (χ0n) is 8.49. The van der Waals surface area contributed by atoms with Crippen molar-refractivity contribution in [3.05, 3.63) is 0 Å². The van der Waals surface area contributed by atoms with Gasteiger partial charge >= 0.3 is 5.17 Å². The molecular weight excluding hydrogens is 182 g/mol. The molecule has 13 heavy (non-hydrogen) atoms. The molecule has 3 nitrogen and oxygen atoms in total. The number of hydrogen-bond donors (Lipinski definition) is 2. The van der Waals surface area contributed by atoms with E-state index in [1.165, 1.54) is 12.8 Å². The molecule has 0 bridgehead atoms. The molecule has 76 valence electrons. The summed E-state index contributed by atoms with van der Waals surface area (Å²) in [6.07, 6.45) is 6.64. The van der Waals surface area contributed by atoms with Crippen molar-refractivity contribution < 1.29 is 4.58 Å². The van der Waals surface area contributed by atoms with Crippen LogP contribution in [0, 0.1) is 0 Å². The van der Waals surface area contributed by atoms with Gasteiger partial charge in [0, 0.05) is 6.04 Å². The number of rotatable bonds is 1. The number of thioether (sulfide) groups is 1. The van der Waals surface area contributed by atoms with Crippen molar-refractivity contribution in [3.8, 4) is 0 Å². The summed E-state index contributed by atoms with van der Waals surface area (Å²) in [6.45, 7) is 0. The van der Waals surface area contributed by atoms with Crippen LogP contribution in [0.25, 0.3) is 0 Å². The summed E-state index contributed by atoms with van der Waals surface area (Å²) in [5.74, 6) is 0. The Kier molecular flexibility index (Phi) is 4.06. The summed E-state index contributed by atoms with van der Waals surface area (Å²) >= 11 is 1.62. The van der Waals surface area contributed by atoms with Crippen LogP contribution in [0.1, 0.15) is 25.7 Å². The van der Waals surface area contributed by atoms with E-state index < -0.39 is 0 Å². The van der Waals surface area contributed by atoms with Gasteiger partial charge in [-0.25, -0.2) is 0 Å². The quantitative estimate of drug-likeness (QED) is 0.371. The molecule has 0 saturated heterocycles. The Morgan fingerprint density at radius 3 is 2.31 bits per heavy atom. The van der Waals surface area contributed by atoms with Crippen molar-refractivity contribution in [2.75, 3.05) is 13.3 Å². The molecule has 1 aliphatic rings. The monoisotopic (exact) mass is 202 g/mol. The van der Waals surface area contributed by atoms with Gasteiger partial charge in [0.1, 0.15) is 0 Å². The lowest BCUT2D eigenvalue weighted by Gasteiger charge is -2.25. The van der Waals surface area contributed by atoms with Crippen LogP contribution in [0.3, 0.4) is 0 Å². The first-order valence-corrected chi connectivity index (χ1v) is 6.02. The van der Waals surface area contributed by atoms with E-state index in [1.807, 2.05) is 6.26 Å². The third kappa shape index (κ3) is 2.88. The van der Waals surface area contributed by atoms with Gasteiger partial charge in [-0.1, -0.05) is 0 Å². The molecule has 0 spiro atoms. The van der Waals surface area contributed by atoms with E-state index >= 15 is 0 Å². The lowest BCUT2D eigenvalue weighted by atomic mass is 9.92. The normalized spacial score (nSPS) is 31.3. The van der Waals surface area contributed by atoms with Crippen LogP contribution in [-0.4, -0.2) is 35.1 Å². The largest absolute Gasteiger partial charge is 0.328 e. The van der Waals surface area contributed by atoms with E-state index in [-0.39, 0.29) is 0 Å². The Morgan fingerprint density at radius 1 is 1.31 bits per heavy atom. The van der Waals surface area contributed by atoms with Gasteiger partial charge in [0.15, 0.2) is 0 Å². The van der Waals surface area contributed by atoms with Gasteiger partial charge in [0.05, 0.1) is 13.1 Å². The highest BCUT2D eigenvalue weighted by Gasteiger charge is 2.23. The molecule has 1 rings (SSSR count). The van der Waals surface area contributed by atoms with Crippen molar-refractivity contribution >= 4 is 16.9 Å². The Hall–Kier alpha value is -0.220. The van der Waals surface area contributed by atoms with Crippen LogP contribution >= 0.6 is 11.8 Å². The fourth-order valence-electron chi connectivity index (χ4n) is 1.81. The molecule has 0 radical (unpaired) electrons. The highest BCUT2D eigenvalue weighted by Crippen LogP contribution is 2.19. The number of hydrogen-bond acceptors (Lipinski definition) is 2. The first-order chi connectivity index (χ1) is 6.15. The first kappa shape index (κ1) is 10.9. The molecule has 0 aromatic carbocycles. The topological polar surface area (TPSA) is 55.0 Å². The van der Waals surface area contributed by atoms with Gasteiger partial charge in [0.2, 0.25) is 0 Å². The van der Waals surface area contributed by atoms with E-state index in [0.29, 0.717) is 12.1 Å². The predicted molar refractivity (Wildman–Crippen MR) is 59.1 cm³/mol. The van der Waals surface area contributed by atoms with Crippen molar-refractivity contribution in [2.24, 2.45) is 11.5 Å². The van der Waals surface area contributed by atoms with Crippen molar-refractivity contribution in [3.63, 3.8) is 0 Å². The predicted octanol–water partition coefficient (Wildman–Crippen LogP) is 0.576. The van der Waals surface area contributed by atoms with Gasteiger partial charge in [0.25, 0.3) is 0 Å². The molecule has 4 heteroatoms. The van der Waals surface area contributed by atoms with E-state index in [1.54, 1.807) is 11.8 Å². The Labute approximate surface area is 84.6 Å². The maximum atomic E-state index is 5.86. The second kappa shape index (κ2) is 4.86. The summed E-state index contributed by atoms with van der Waals surface area (Å²) in [6, 6.07) is 1.02. The van der Waals surface area contributed by atoms with Crippen LogP contribution in [0.15, 0.2) is 0 Å². The number of amidine groups is 1. The van der Waals surface area contributed by atoms with Crippen LogP contribution in [0.5, 0.6) is 0 Å². The molecule has 0 aromatic rings. The highest BCUT2D eigenvalue weighted by molar-refractivity contribution is 8.12. The third-order valence-electron chi connectivity index (χ3n) is 2.85. The SMILES string of the molecule is CSC(N)=[N+](C)C1CCC(N)CC1. The molecule has 0 amide bonds. The maximum Gasteiger partial charge on any atom is 0.303 e. The zero-order chi connectivity index (χ0) is 9.84. The Bertz CT molecular complexity index is 195. The Morgan fingerprint density at radius 2 is 1.85 bits per heavy atom. The maximum absolute atomic E-state index is 5.86. The van der Waals surface area contributed by atoms with Crippen LogP contribution < -0.4 is 11.5 Å². The van der Waals surface area contributed by atoms with Gasteiger partial charge in [-0.3, -0.25) is 10.3 Å². The molecule has 0 unspecified atom stereocenters. The molecule has 1 saturated carbocycles. The smallest absolute Gasteiger partial charge is 0.303 e. The van der Waals surface area contributed by atoms with Gasteiger partial charge in [-0.2, -0.15) is 0 Å². The summed E-state index contributed by atoms with van der Waals surface area (Å²) in [7, 11) is 2.08. The van der Waals surface area contributed by atoms with Crippen molar-refractivity contribution in [1.29, 1.82) is 0 Å². The van der Waals surface area contributed by atoms with E-state index in [4.69, 9.17) is 11.5 Å². The average molecular weight is 202 g/mol. The summed E-state index contributed by atoms with van der Waals surface area (Å²) in [5.41, 5.74) is 11.7. The summed E-state index contributed by atoms with van der Waals surface area (Å²) in [4.78, 5) is 0. The van der Waals surface area contributed by atoms with E-state index in [9.17, 15) is 0 Å². The second-order valence-electron chi connectivity index (χ2n) is 3.72. The Balaban J connectivity index is 2.53. The second-order valence-corrected chi connectivity index (χ2v) is 4.55. The lowest BCUT2D eigenvalue weighted by Crippen LogP contribution is -2.37. The zero-order valence-corrected chi connectivity index (χ0v) is 9.31. The molecule has 0 heterocycles. The summed E-state index contributed by atoms with van der Waals surface area (Å²) < 4.78 is 2.19. The molecule has 4 N–H and O–H groups in total. The van der Waals surface area contributed by atoms with Gasteiger partial charge < -0.3 is 5.73 Å². The van der Waals surface area contributed by atoms with E-state index in [0.717, 1.165) is 18.0 Å². The van der Waals surface area contributed by atoms with Gasteiger partial charge in [-0.15, -0.1) is 0 Å². The molecular formula is C9H20N3S+. The molecule has 0 aliphatic heterocycles. The van der Waals surface area contributed by atoms with E-state index in [2.05, 4.69) is 11.6 Å². The van der Waals surface area contributed by atoms with Crippen molar-refractivity contribution in [2.45, 2.75) is 37.8 Å². The number of nitrogens with two attached hydrogens (primary N) is 2. The average Bonchev–Trinajstić information content (AvgIpc) is 2.17. The van der Waals surface area contributed by atoms with Crippen LogP contribution in [0.2, 0.25) is 0 Å². The minimum atomic E-state index is 0.417. The fourth-order valence-corrected chi connectivity index (χ4v) is 2.25. The standard InChI is InChI=1S/C9H19N3S/c1-12(9(11)13-2)8-5-3-7(10)4-6-8/h7-8,11H,3-6,10H2,1-2H3/p+1. The highest BCUT2D eigenvalue weighted by atomic mass is 32.2. The third-order valence-corrected chi connectivity index (χ3v) is 3.55. The van der Waals surface area contributed by atoms with Crippen molar-refractivity contribution in [1.82, 2.24) is 0 Å². The van der Waals surface area contributed by atoms with Crippen LogP contribution in [0.4, 0.5) is 0 Å². The molecule has 1 fully saturated rings. The minimum Gasteiger partial charge on any atom is -0.328 e. The number of nitrogens with zero attached hydrogens (tertiary/aromatic N) is 1.